The second-order valence-corrected chi connectivity index (χ2v) is 5.26. The van der Waals surface area contributed by atoms with Crippen molar-refractivity contribution in [3.8, 4) is 0 Å². The molecule has 0 unspecified atom stereocenters. The van der Waals surface area contributed by atoms with E-state index in [2.05, 4.69) is 12.6 Å². The third kappa shape index (κ3) is 3.11. The first kappa shape index (κ1) is 9.30. The fourth-order valence-electron chi connectivity index (χ4n) is 0.363. The zero-order valence-corrected chi connectivity index (χ0v) is 7.37. The molecule has 0 N–H and O–H groups in total. The molecule has 0 amide bonds. The first-order valence-electron chi connectivity index (χ1n) is 2.83. The summed E-state index contributed by atoms with van der Waals surface area (Å²) in [5, 5.41) is -0.260. The molecule has 0 saturated heterocycles. The summed E-state index contributed by atoms with van der Waals surface area (Å²) in [5.74, 6) is 0.605. The van der Waals surface area contributed by atoms with E-state index in [-0.39, 0.29) is 11.0 Å². The Kier molecular flexibility index (Phi) is 3.58. The van der Waals surface area contributed by atoms with Gasteiger partial charge in [-0.15, -0.1) is 0 Å². The maximum atomic E-state index is 10.9. The smallest absolute Gasteiger partial charge is 0.153 e. The van der Waals surface area contributed by atoms with Gasteiger partial charge in [0.15, 0.2) is 9.84 Å². The molecular formula is C5H12O2S2. The first-order valence-corrected chi connectivity index (χ1v) is 5.18. The topological polar surface area (TPSA) is 34.1 Å². The minimum atomic E-state index is -2.82. The van der Waals surface area contributed by atoms with Crippen LogP contribution in [0.2, 0.25) is 0 Å². The molecule has 0 heterocycles. The van der Waals surface area contributed by atoms with Crippen LogP contribution in [0.3, 0.4) is 0 Å². The molecule has 2 nitrogen and oxygen atoms in total. The van der Waals surface area contributed by atoms with Gasteiger partial charge in [0.1, 0.15) is 0 Å². The lowest BCUT2D eigenvalue weighted by Gasteiger charge is -2.03. The van der Waals surface area contributed by atoms with Gasteiger partial charge < -0.3 is 0 Å². The van der Waals surface area contributed by atoms with Gasteiger partial charge in [0.25, 0.3) is 0 Å². The number of hydrogen-bond acceptors (Lipinski definition) is 3. The normalized spacial score (nSPS) is 12.4. The van der Waals surface area contributed by atoms with Crippen LogP contribution < -0.4 is 0 Å². The third-order valence-electron chi connectivity index (χ3n) is 1.09. The van der Waals surface area contributed by atoms with Gasteiger partial charge >= 0.3 is 0 Å². The molecule has 0 aliphatic heterocycles. The third-order valence-corrected chi connectivity index (χ3v) is 3.83. The lowest BCUT2D eigenvalue weighted by Crippen LogP contribution is -2.18. The van der Waals surface area contributed by atoms with Crippen molar-refractivity contribution in [1.82, 2.24) is 0 Å². The van der Waals surface area contributed by atoms with Crippen LogP contribution >= 0.6 is 12.6 Å². The lowest BCUT2D eigenvalue weighted by atomic mass is 10.6. The van der Waals surface area contributed by atoms with E-state index in [1.54, 1.807) is 13.8 Å². The zero-order valence-electron chi connectivity index (χ0n) is 5.66. The van der Waals surface area contributed by atoms with Crippen molar-refractivity contribution < 1.29 is 8.42 Å². The van der Waals surface area contributed by atoms with Crippen molar-refractivity contribution in [2.24, 2.45) is 0 Å². The van der Waals surface area contributed by atoms with Gasteiger partial charge in [-0.1, -0.05) is 0 Å². The van der Waals surface area contributed by atoms with Gasteiger partial charge in [0.2, 0.25) is 0 Å². The van der Waals surface area contributed by atoms with E-state index in [1.807, 2.05) is 0 Å². The fourth-order valence-corrected chi connectivity index (χ4v) is 1.85. The number of thiol groups is 1. The molecule has 0 atom stereocenters. The Morgan fingerprint density at radius 1 is 1.44 bits per heavy atom. The lowest BCUT2D eigenvalue weighted by molar-refractivity contribution is 0.589. The Morgan fingerprint density at radius 2 is 1.89 bits per heavy atom. The van der Waals surface area contributed by atoms with Crippen LogP contribution in [0.5, 0.6) is 0 Å². The molecular weight excluding hydrogens is 156 g/mol. The molecule has 0 saturated carbocycles. The van der Waals surface area contributed by atoms with E-state index in [0.717, 1.165) is 0 Å². The van der Waals surface area contributed by atoms with Crippen molar-refractivity contribution in [2.75, 3.05) is 11.5 Å². The van der Waals surface area contributed by atoms with Crippen LogP contribution in [0.15, 0.2) is 0 Å². The predicted octanol–water partition coefficient (Wildman–Crippen LogP) is 0.739. The molecule has 0 spiro atoms. The molecule has 0 aromatic heterocycles. The van der Waals surface area contributed by atoms with E-state index in [0.29, 0.717) is 5.75 Å². The molecule has 0 radical (unpaired) electrons. The minimum Gasteiger partial charge on any atom is -0.229 e. The van der Waals surface area contributed by atoms with Crippen LogP contribution in [0.1, 0.15) is 13.8 Å². The molecule has 0 fully saturated rings. The monoisotopic (exact) mass is 168 g/mol. The Morgan fingerprint density at radius 3 is 2.00 bits per heavy atom. The van der Waals surface area contributed by atoms with Crippen molar-refractivity contribution in [3.63, 3.8) is 0 Å². The highest BCUT2D eigenvalue weighted by atomic mass is 32.2. The van der Waals surface area contributed by atoms with Gasteiger partial charge in [-0.3, -0.25) is 0 Å². The Balaban J connectivity index is 4.05. The minimum absolute atomic E-state index is 0.188. The zero-order chi connectivity index (χ0) is 7.49. The quantitative estimate of drug-likeness (QED) is 0.631. The van der Waals surface area contributed by atoms with Crippen LogP contribution in [0.4, 0.5) is 0 Å². The van der Waals surface area contributed by atoms with Crippen LogP contribution in [-0.4, -0.2) is 25.2 Å². The maximum Gasteiger partial charge on any atom is 0.153 e. The number of hydrogen-bond donors (Lipinski definition) is 1. The first-order chi connectivity index (χ1) is 4.00. The Labute approximate surface area is 62.0 Å². The second-order valence-electron chi connectivity index (χ2n) is 2.14. The second kappa shape index (κ2) is 3.46. The standard InChI is InChI=1S/C5H12O2S2/c1-5(2)9(6,7)4-3-8/h5,8H,3-4H2,1-2H3. The molecule has 56 valence electrons. The molecule has 0 rings (SSSR count). The largest absolute Gasteiger partial charge is 0.229 e. The van der Waals surface area contributed by atoms with Gasteiger partial charge in [-0.25, -0.2) is 8.42 Å². The van der Waals surface area contributed by atoms with Crippen LogP contribution in [0.25, 0.3) is 0 Å². The number of rotatable bonds is 3. The van der Waals surface area contributed by atoms with Crippen molar-refractivity contribution in [2.45, 2.75) is 19.1 Å². The summed E-state index contributed by atoms with van der Waals surface area (Å²) in [4.78, 5) is 0. The Bertz CT molecular complexity index is 158. The van der Waals surface area contributed by atoms with Gasteiger partial charge in [0.05, 0.1) is 11.0 Å². The summed E-state index contributed by atoms with van der Waals surface area (Å²) in [6.45, 7) is 3.36. The fraction of sp³-hybridized carbons (Fsp3) is 1.00. The molecule has 4 heteroatoms. The van der Waals surface area contributed by atoms with Crippen molar-refractivity contribution in [3.05, 3.63) is 0 Å². The van der Waals surface area contributed by atoms with Gasteiger partial charge in [-0.2, -0.15) is 12.6 Å². The average Bonchev–Trinajstić information content (AvgIpc) is 1.65. The Hall–Kier alpha value is 0.300. The maximum absolute atomic E-state index is 10.9. The molecule has 9 heavy (non-hydrogen) atoms. The SMILES string of the molecule is CC(C)S(=O)(=O)CCS. The van der Waals surface area contributed by atoms with Crippen molar-refractivity contribution >= 4 is 22.5 Å². The van der Waals surface area contributed by atoms with E-state index < -0.39 is 9.84 Å². The highest BCUT2D eigenvalue weighted by Gasteiger charge is 2.13. The van der Waals surface area contributed by atoms with Gasteiger partial charge in [0, 0.05) is 5.75 Å². The number of sulfone groups is 1. The molecule has 0 bridgehead atoms. The van der Waals surface area contributed by atoms with E-state index in [1.165, 1.54) is 0 Å². The molecule has 0 aliphatic carbocycles. The van der Waals surface area contributed by atoms with Crippen LogP contribution in [0, 0.1) is 0 Å². The van der Waals surface area contributed by atoms with E-state index >= 15 is 0 Å². The summed E-state index contributed by atoms with van der Waals surface area (Å²) in [5.41, 5.74) is 0. The van der Waals surface area contributed by atoms with E-state index in [9.17, 15) is 8.42 Å². The van der Waals surface area contributed by atoms with E-state index in [4.69, 9.17) is 0 Å². The van der Waals surface area contributed by atoms with Crippen molar-refractivity contribution in [1.29, 1.82) is 0 Å². The predicted molar refractivity (Wildman–Crippen MR) is 42.8 cm³/mol. The highest BCUT2D eigenvalue weighted by Crippen LogP contribution is 2.00. The molecule has 0 aromatic rings. The summed E-state index contributed by atoms with van der Waals surface area (Å²) in [6, 6.07) is 0. The highest BCUT2D eigenvalue weighted by molar-refractivity contribution is 7.93. The summed E-state index contributed by atoms with van der Waals surface area (Å²) in [7, 11) is -2.82. The molecule has 0 aliphatic rings. The van der Waals surface area contributed by atoms with Crippen LogP contribution in [-0.2, 0) is 9.84 Å². The average molecular weight is 168 g/mol. The van der Waals surface area contributed by atoms with Gasteiger partial charge in [-0.05, 0) is 13.8 Å². The molecule has 0 aromatic carbocycles. The summed E-state index contributed by atoms with van der Waals surface area (Å²) < 4.78 is 21.8. The summed E-state index contributed by atoms with van der Waals surface area (Å²) >= 11 is 3.83. The summed E-state index contributed by atoms with van der Waals surface area (Å²) in [6.07, 6.45) is 0.